The van der Waals surface area contributed by atoms with Crippen LogP contribution in [0.5, 0.6) is 0 Å². The minimum Gasteiger partial charge on any atom is -0.481 e. The summed E-state index contributed by atoms with van der Waals surface area (Å²) in [4.78, 5) is 18.3. The lowest BCUT2D eigenvalue weighted by Gasteiger charge is -2.04. The van der Waals surface area contributed by atoms with Gasteiger partial charge in [-0.3, -0.25) is 4.79 Å². The first kappa shape index (κ1) is 8.64. The molecule has 0 aromatic carbocycles. The number of aliphatic carboxylic acids is 1. The fourth-order valence-corrected chi connectivity index (χ4v) is 0.769. The molecular formula is C8H10N2O2. The van der Waals surface area contributed by atoms with Crippen molar-refractivity contribution in [3.63, 3.8) is 0 Å². The first-order valence-electron chi connectivity index (χ1n) is 3.62. The highest BCUT2D eigenvalue weighted by Gasteiger charge is 2.13. The molecule has 0 aliphatic carbocycles. The van der Waals surface area contributed by atoms with Gasteiger partial charge in [0.2, 0.25) is 0 Å². The Bertz CT molecular complexity index is 282. The summed E-state index contributed by atoms with van der Waals surface area (Å²) in [6, 6.07) is 0. The standard InChI is InChI=1S/C8H10N2O2/c1-5(8(11)12)7-3-9-6(2)10-4-7/h3-5H,1-2H3,(H,11,12). The summed E-state index contributed by atoms with van der Waals surface area (Å²) in [6.07, 6.45) is 3.09. The van der Waals surface area contributed by atoms with Crippen molar-refractivity contribution in [1.82, 2.24) is 9.97 Å². The van der Waals surface area contributed by atoms with E-state index in [9.17, 15) is 4.79 Å². The molecule has 1 aromatic heterocycles. The molecule has 1 atom stereocenters. The van der Waals surface area contributed by atoms with E-state index in [-0.39, 0.29) is 0 Å². The number of nitrogens with zero attached hydrogens (tertiary/aromatic N) is 2. The molecule has 0 saturated heterocycles. The molecule has 0 aliphatic heterocycles. The summed E-state index contributed by atoms with van der Waals surface area (Å²) in [7, 11) is 0. The Hall–Kier alpha value is -1.45. The van der Waals surface area contributed by atoms with Crippen LogP contribution in [-0.2, 0) is 4.79 Å². The quantitative estimate of drug-likeness (QED) is 0.711. The van der Waals surface area contributed by atoms with E-state index in [4.69, 9.17) is 5.11 Å². The van der Waals surface area contributed by atoms with Gasteiger partial charge >= 0.3 is 5.97 Å². The Morgan fingerprint density at radius 2 is 2.00 bits per heavy atom. The number of carboxylic acid groups (broad SMARTS) is 1. The van der Waals surface area contributed by atoms with E-state index in [0.717, 1.165) is 0 Å². The molecule has 1 aromatic rings. The summed E-state index contributed by atoms with van der Waals surface area (Å²) >= 11 is 0. The number of carbonyl (C=O) groups is 1. The fourth-order valence-electron chi connectivity index (χ4n) is 0.769. The van der Waals surface area contributed by atoms with Crippen LogP contribution in [-0.4, -0.2) is 21.0 Å². The third-order valence-electron chi connectivity index (χ3n) is 1.67. The smallest absolute Gasteiger partial charge is 0.310 e. The predicted octanol–water partition coefficient (Wildman–Crippen LogP) is 0.973. The molecule has 1 heterocycles. The van der Waals surface area contributed by atoms with Gasteiger partial charge in [0, 0.05) is 18.0 Å². The first-order chi connectivity index (χ1) is 5.61. The van der Waals surface area contributed by atoms with Crippen LogP contribution in [0.1, 0.15) is 24.2 Å². The maximum absolute atomic E-state index is 10.5. The molecule has 0 amide bonds. The summed E-state index contributed by atoms with van der Waals surface area (Å²) < 4.78 is 0. The Labute approximate surface area is 70.3 Å². The topological polar surface area (TPSA) is 63.1 Å². The third kappa shape index (κ3) is 1.78. The summed E-state index contributed by atoms with van der Waals surface area (Å²) in [5, 5.41) is 8.65. The van der Waals surface area contributed by atoms with Gasteiger partial charge in [0.05, 0.1) is 5.92 Å². The average molecular weight is 166 g/mol. The third-order valence-corrected chi connectivity index (χ3v) is 1.67. The molecule has 0 saturated carbocycles. The molecule has 1 N–H and O–H groups in total. The van der Waals surface area contributed by atoms with Crippen LogP contribution >= 0.6 is 0 Å². The Morgan fingerprint density at radius 3 is 2.42 bits per heavy atom. The monoisotopic (exact) mass is 166 g/mol. The van der Waals surface area contributed by atoms with Gasteiger partial charge in [-0.2, -0.15) is 0 Å². The Balaban J connectivity index is 2.89. The van der Waals surface area contributed by atoms with Crippen molar-refractivity contribution < 1.29 is 9.90 Å². The van der Waals surface area contributed by atoms with Gasteiger partial charge in [-0.1, -0.05) is 0 Å². The number of hydrogen-bond acceptors (Lipinski definition) is 3. The SMILES string of the molecule is Cc1ncc(C(C)C(=O)O)cn1. The van der Waals surface area contributed by atoms with Crippen molar-refractivity contribution >= 4 is 5.97 Å². The van der Waals surface area contributed by atoms with E-state index in [1.54, 1.807) is 26.2 Å². The van der Waals surface area contributed by atoms with Crippen molar-refractivity contribution in [3.8, 4) is 0 Å². The second-order valence-electron chi connectivity index (χ2n) is 2.62. The van der Waals surface area contributed by atoms with E-state index >= 15 is 0 Å². The van der Waals surface area contributed by atoms with Crippen molar-refractivity contribution in [2.75, 3.05) is 0 Å². The highest BCUT2D eigenvalue weighted by molar-refractivity contribution is 5.75. The van der Waals surface area contributed by atoms with E-state index in [2.05, 4.69) is 9.97 Å². The molecule has 12 heavy (non-hydrogen) atoms. The average Bonchev–Trinajstić information content (AvgIpc) is 2.04. The molecule has 1 rings (SSSR count). The lowest BCUT2D eigenvalue weighted by Crippen LogP contribution is -2.08. The zero-order valence-corrected chi connectivity index (χ0v) is 6.98. The maximum Gasteiger partial charge on any atom is 0.310 e. The largest absolute Gasteiger partial charge is 0.481 e. The Morgan fingerprint density at radius 1 is 1.50 bits per heavy atom. The molecule has 0 aliphatic rings. The van der Waals surface area contributed by atoms with Crippen LogP contribution < -0.4 is 0 Å². The second kappa shape index (κ2) is 3.30. The number of rotatable bonds is 2. The van der Waals surface area contributed by atoms with Gasteiger partial charge in [-0.15, -0.1) is 0 Å². The number of carboxylic acids is 1. The lowest BCUT2D eigenvalue weighted by molar-refractivity contribution is -0.138. The van der Waals surface area contributed by atoms with Crippen molar-refractivity contribution in [1.29, 1.82) is 0 Å². The molecular weight excluding hydrogens is 156 g/mol. The van der Waals surface area contributed by atoms with Gasteiger partial charge in [-0.05, 0) is 13.8 Å². The minimum absolute atomic E-state index is 0.536. The van der Waals surface area contributed by atoms with Crippen LogP contribution in [0.3, 0.4) is 0 Å². The highest BCUT2D eigenvalue weighted by atomic mass is 16.4. The van der Waals surface area contributed by atoms with Gasteiger partial charge in [0.25, 0.3) is 0 Å². The molecule has 4 heteroatoms. The van der Waals surface area contributed by atoms with Crippen molar-refractivity contribution in [2.24, 2.45) is 0 Å². The van der Waals surface area contributed by atoms with Crippen LogP contribution in [0.25, 0.3) is 0 Å². The minimum atomic E-state index is -0.859. The van der Waals surface area contributed by atoms with Crippen LogP contribution in [0.15, 0.2) is 12.4 Å². The van der Waals surface area contributed by atoms with E-state index < -0.39 is 11.9 Å². The van der Waals surface area contributed by atoms with E-state index in [1.165, 1.54) is 0 Å². The van der Waals surface area contributed by atoms with Gasteiger partial charge in [0.1, 0.15) is 5.82 Å². The Kier molecular flexibility index (Phi) is 2.38. The van der Waals surface area contributed by atoms with Crippen LogP contribution in [0, 0.1) is 6.92 Å². The normalized spacial score (nSPS) is 12.5. The molecule has 64 valence electrons. The number of hydrogen-bond donors (Lipinski definition) is 1. The van der Waals surface area contributed by atoms with Gasteiger partial charge in [0.15, 0.2) is 0 Å². The molecule has 0 radical (unpaired) electrons. The summed E-state index contributed by atoms with van der Waals surface area (Å²) in [5.74, 6) is -0.746. The number of aromatic nitrogens is 2. The molecule has 0 fully saturated rings. The predicted molar refractivity (Wildman–Crippen MR) is 42.8 cm³/mol. The zero-order chi connectivity index (χ0) is 9.14. The maximum atomic E-state index is 10.5. The molecule has 0 spiro atoms. The first-order valence-corrected chi connectivity index (χ1v) is 3.62. The van der Waals surface area contributed by atoms with Crippen LogP contribution in [0.4, 0.5) is 0 Å². The van der Waals surface area contributed by atoms with Crippen LogP contribution in [0.2, 0.25) is 0 Å². The fraction of sp³-hybridized carbons (Fsp3) is 0.375. The van der Waals surface area contributed by atoms with E-state index in [0.29, 0.717) is 11.4 Å². The number of aryl methyl sites for hydroxylation is 1. The summed E-state index contributed by atoms with van der Waals surface area (Å²) in [5.41, 5.74) is 0.633. The highest BCUT2D eigenvalue weighted by Crippen LogP contribution is 2.12. The zero-order valence-electron chi connectivity index (χ0n) is 6.98. The lowest BCUT2D eigenvalue weighted by atomic mass is 10.1. The second-order valence-corrected chi connectivity index (χ2v) is 2.62. The summed E-state index contributed by atoms with van der Waals surface area (Å²) in [6.45, 7) is 3.37. The van der Waals surface area contributed by atoms with Crippen molar-refractivity contribution in [2.45, 2.75) is 19.8 Å². The van der Waals surface area contributed by atoms with Gasteiger partial charge in [-0.25, -0.2) is 9.97 Å². The van der Waals surface area contributed by atoms with Crippen molar-refractivity contribution in [3.05, 3.63) is 23.8 Å². The molecule has 1 unspecified atom stereocenters. The molecule has 4 nitrogen and oxygen atoms in total. The van der Waals surface area contributed by atoms with Gasteiger partial charge < -0.3 is 5.11 Å². The van der Waals surface area contributed by atoms with E-state index in [1.807, 2.05) is 0 Å². The molecule has 0 bridgehead atoms.